The number of aliphatic hydroxyl groups is 1. The van der Waals surface area contributed by atoms with Crippen LogP contribution in [0.15, 0.2) is 18.2 Å². The number of ether oxygens (including phenoxy) is 1. The Bertz CT molecular complexity index is 308. The Morgan fingerprint density at radius 2 is 2.06 bits per heavy atom. The molecule has 0 aliphatic rings. The van der Waals surface area contributed by atoms with Crippen molar-refractivity contribution >= 4 is 0 Å². The number of aliphatic hydroxyl groups excluding tert-OH is 1. The second-order valence-corrected chi connectivity index (χ2v) is 4.13. The predicted molar refractivity (Wildman–Crippen MR) is 67.0 cm³/mol. The summed E-state index contributed by atoms with van der Waals surface area (Å²) in [5.74, 6) is 0.883. The van der Waals surface area contributed by atoms with Crippen molar-refractivity contribution in [1.82, 2.24) is 0 Å². The quantitative estimate of drug-likeness (QED) is 0.718. The summed E-state index contributed by atoms with van der Waals surface area (Å²) >= 11 is 0. The van der Waals surface area contributed by atoms with Gasteiger partial charge in [0.05, 0.1) is 6.61 Å². The highest BCUT2D eigenvalue weighted by Crippen LogP contribution is 2.20. The second kappa shape index (κ2) is 7.29. The van der Waals surface area contributed by atoms with E-state index >= 15 is 0 Å². The maximum Gasteiger partial charge on any atom is 0.122 e. The lowest BCUT2D eigenvalue weighted by Gasteiger charge is -2.09. The summed E-state index contributed by atoms with van der Waals surface area (Å²) in [5.41, 5.74) is 2.53. The zero-order chi connectivity index (χ0) is 11.8. The van der Waals surface area contributed by atoms with E-state index in [9.17, 15) is 0 Å². The van der Waals surface area contributed by atoms with Crippen molar-refractivity contribution in [3.63, 3.8) is 0 Å². The van der Waals surface area contributed by atoms with E-state index in [0.29, 0.717) is 6.61 Å². The SMILES string of the molecule is CCCCCc1ccc(OCCO)c(C)c1. The van der Waals surface area contributed by atoms with Crippen molar-refractivity contribution in [2.45, 2.75) is 39.5 Å². The summed E-state index contributed by atoms with van der Waals surface area (Å²) in [6, 6.07) is 6.31. The van der Waals surface area contributed by atoms with Crippen LogP contribution in [-0.2, 0) is 6.42 Å². The van der Waals surface area contributed by atoms with Crippen molar-refractivity contribution in [3.05, 3.63) is 29.3 Å². The van der Waals surface area contributed by atoms with Crippen LogP contribution >= 0.6 is 0 Å². The Labute approximate surface area is 98.3 Å². The van der Waals surface area contributed by atoms with Crippen molar-refractivity contribution in [2.75, 3.05) is 13.2 Å². The predicted octanol–water partition coefficient (Wildman–Crippen LogP) is 3.10. The highest BCUT2D eigenvalue weighted by Gasteiger charge is 2.01. The van der Waals surface area contributed by atoms with Crippen molar-refractivity contribution in [3.8, 4) is 5.75 Å². The summed E-state index contributed by atoms with van der Waals surface area (Å²) in [6.07, 6.45) is 4.96. The van der Waals surface area contributed by atoms with Gasteiger partial charge < -0.3 is 9.84 Å². The fourth-order valence-corrected chi connectivity index (χ4v) is 1.76. The van der Waals surface area contributed by atoms with Gasteiger partial charge in [0.2, 0.25) is 0 Å². The lowest BCUT2D eigenvalue weighted by atomic mass is 10.0. The number of rotatable bonds is 7. The lowest BCUT2D eigenvalue weighted by Crippen LogP contribution is -2.03. The van der Waals surface area contributed by atoms with E-state index in [1.54, 1.807) is 0 Å². The standard InChI is InChI=1S/C14H22O2/c1-3-4-5-6-13-7-8-14(12(2)11-13)16-10-9-15/h7-8,11,15H,3-6,9-10H2,1-2H3. The molecule has 0 fully saturated rings. The highest BCUT2D eigenvalue weighted by atomic mass is 16.5. The van der Waals surface area contributed by atoms with Gasteiger partial charge in [-0.15, -0.1) is 0 Å². The van der Waals surface area contributed by atoms with E-state index < -0.39 is 0 Å². The van der Waals surface area contributed by atoms with E-state index in [0.717, 1.165) is 17.7 Å². The highest BCUT2D eigenvalue weighted by molar-refractivity contribution is 5.36. The fourth-order valence-electron chi connectivity index (χ4n) is 1.76. The number of hydrogen-bond acceptors (Lipinski definition) is 2. The first kappa shape index (κ1) is 13.0. The minimum atomic E-state index is 0.0672. The molecule has 0 heterocycles. The molecule has 0 saturated heterocycles. The molecule has 0 amide bonds. The summed E-state index contributed by atoms with van der Waals surface area (Å²) < 4.78 is 5.42. The zero-order valence-electron chi connectivity index (χ0n) is 10.3. The molecule has 0 saturated carbocycles. The van der Waals surface area contributed by atoms with Crippen LogP contribution in [0.5, 0.6) is 5.75 Å². The number of aryl methyl sites for hydroxylation is 2. The third-order valence-corrected chi connectivity index (χ3v) is 2.66. The van der Waals surface area contributed by atoms with Gasteiger partial charge in [-0.3, -0.25) is 0 Å². The summed E-state index contributed by atoms with van der Waals surface area (Å²) in [6.45, 7) is 4.71. The monoisotopic (exact) mass is 222 g/mol. The molecule has 90 valence electrons. The van der Waals surface area contributed by atoms with Gasteiger partial charge in [0.25, 0.3) is 0 Å². The van der Waals surface area contributed by atoms with Gasteiger partial charge in [-0.2, -0.15) is 0 Å². The van der Waals surface area contributed by atoms with Gasteiger partial charge in [-0.05, 0) is 37.0 Å². The number of unbranched alkanes of at least 4 members (excludes halogenated alkanes) is 2. The molecule has 1 aromatic carbocycles. The molecule has 1 N–H and O–H groups in total. The van der Waals surface area contributed by atoms with Crippen LogP contribution in [-0.4, -0.2) is 18.3 Å². The van der Waals surface area contributed by atoms with Crippen LogP contribution in [0.3, 0.4) is 0 Å². The Morgan fingerprint density at radius 3 is 2.69 bits per heavy atom. The molecule has 1 aromatic rings. The lowest BCUT2D eigenvalue weighted by molar-refractivity contribution is 0.200. The first-order valence-corrected chi connectivity index (χ1v) is 6.11. The van der Waals surface area contributed by atoms with Crippen LogP contribution in [0.2, 0.25) is 0 Å². The van der Waals surface area contributed by atoms with Crippen molar-refractivity contribution < 1.29 is 9.84 Å². The molecule has 16 heavy (non-hydrogen) atoms. The Kier molecular flexibility index (Phi) is 5.94. The van der Waals surface area contributed by atoms with Crippen molar-refractivity contribution in [1.29, 1.82) is 0 Å². The van der Waals surface area contributed by atoms with Gasteiger partial charge in [0.15, 0.2) is 0 Å². The summed E-state index contributed by atoms with van der Waals surface area (Å²) in [4.78, 5) is 0. The molecule has 0 spiro atoms. The smallest absolute Gasteiger partial charge is 0.122 e. The molecule has 2 heteroatoms. The summed E-state index contributed by atoms with van der Waals surface area (Å²) in [5, 5.41) is 8.69. The number of benzene rings is 1. The molecule has 1 rings (SSSR count). The molecule has 2 nitrogen and oxygen atoms in total. The molecular weight excluding hydrogens is 200 g/mol. The maximum absolute atomic E-state index is 8.69. The van der Waals surface area contributed by atoms with Crippen LogP contribution in [0.4, 0.5) is 0 Å². The van der Waals surface area contributed by atoms with E-state index in [1.165, 1.54) is 24.8 Å². The van der Waals surface area contributed by atoms with Crippen LogP contribution in [0, 0.1) is 6.92 Å². The topological polar surface area (TPSA) is 29.5 Å². The normalized spacial score (nSPS) is 10.4. The maximum atomic E-state index is 8.69. The van der Waals surface area contributed by atoms with Crippen molar-refractivity contribution in [2.24, 2.45) is 0 Å². The van der Waals surface area contributed by atoms with Gasteiger partial charge in [-0.1, -0.05) is 31.9 Å². The first-order valence-electron chi connectivity index (χ1n) is 6.11. The second-order valence-electron chi connectivity index (χ2n) is 4.13. The van der Waals surface area contributed by atoms with E-state index in [2.05, 4.69) is 26.0 Å². The zero-order valence-corrected chi connectivity index (χ0v) is 10.3. The van der Waals surface area contributed by atoms with E-state index in [4.69, 9.17) is 9.84 Å². The minimum absolute atomic E-state index is 0.0672. The summed E-state index contributed by atoms with van der Waals surface area (Å²) in [7, 11) is 0. The number of hydrogen-bond donors (Lipinski definition) is 1. The van der Waals surface area contributed by atoms with Crippen LogP contribution < -0.4 is 4.74 Å². The largest absolute Gasteiger partial charge is 0.491 e. The molecule has 0 aliphatic heterocycles. The van der Waals surface area contributed by atoms with Gasteiger partial charge in [0.1, 0.15) is 12.4 Å². The van der Waals surface area contributed by atoms with E-state index in [-0.39, 0.29) is 6.61 Å². The molecule has 0 aromatic heterocycles. The molecule has 0 atom stereocenters. The van der Waals surface area contributed by atoms with Gasteiger partial charge in [-0.25, -0.2) is 0 Å². The fraction of sp³-hybridized carbons (Fsp3) is 0.571. The third kappa shape index (κ3) is 4.23. The Balaban J connectivity index is 2.53. The molecule has 0 aliphatic carbocycles. The van der Waals surface area contributed by atoms with Gasteiger partial charge in [0, 0.05) is 0 Å². The van der Waals surface area contributed by atoms with Crippen LogP contribution in [0.25, 0.3) is 0 Å². The molecule has 0 radical (unpaired) electrons. The molecule has 0 bridgehead atoms. The molecule has 0 unspecified atom stereocenters. The van der Waals surface area contributed by atoms with Crippen LogP contribution in [0.1, 0.15) is 37.3 Å². The average Bonchev–Trinajstić information content (AvgIpc) is 2.28. The van der Waals surface area contributed by atoms with Gasteiger partial charge >= 0.3 is 0 Å². The van der Waals surface area contributed by atoms with E-state index in [1.807, 2.05) is 6.07 Å². The molecular formula is C14H22O2. The first-order chi connectivity index (χ1) is 7.77. The Hall–Kier alpha value is -1.02. The third-order valence-electron chi connectivity index (χ3n) is 2.66. The average molecular weight is 222 g/mol. The Morgan fingerprint density at radius 1 is 1.25 bits per heavy atom. The minimum Gasteiger partial charge on any atom is -0.491 e.